The maximum Gasteiger partial charge on any atom is 0.0171 e. The number of rotatable bonds is 1. The molecule has 0 aromatic carbocycles. The molecule has 0 aliphatic carbocycles. The van der Waals surface area contributed by atoms with Gasteiger partial charge in [0.2, 0.25) is 0 Å². The highest BCUT2D eigenvalue weighted by atomic mass is 14.3. The average Bonchev–Trinajstić information content (AvgIpc) is 2.36. The van der Waals surface area contributed by atoms with E-state index in [1.54, 1.807) is 0 Å². The highest BCUT2D eigenvalue weighted by molar-refractivity contribution is 5.66. The van der Waals surface area contributed by atoms with Crippen LogP contribution in [0.5, 0.6) is 0 Å². The summed E-state index contributed by atoms with van der Waals surface area (Å²) in [4.78, 5) is 0. The Morgan fingerprint density at radius 2 is 0.929 bits per heavy atom. The minimum absolute atomic E-state index is 1.14. The Morgan fingerprint density at radius 3 is 0.929 bits per heavy atom. The highest BCUT2D eigenvalue weighted by Gasteiger charge is 1.34. The fourth-order valence-electron chi connectivity index (χ4n) is 0. The molecule has 0 atom stereocenters. The fourth-order valence-corrected chi connectivity index (χ4v) is 0. The molecule has 0 aliphatic heterocycles. The zero-order valence-electron chi connectivity index (χ0n) is 11.5. The molecule has 0 unspecified atom stereocenters. The molecule has 1 nitrogen and oxygen atoms in total. The predicted molar refractivity (Wildman–Crippen MR) is 73.5 cm³/mol. The Kier molecular flexibility index (Phi) is 318. The molecule has 14 heavy (non-hydrogen) atoms. The van der Waals surface area contributed by atoms with E-state index in [1.165, 1.54) is 6.08 Å². The third-order valence-electron chi connectivity index (χ3n) is 0.451. The summed E-state index contributed by atoms with van der Waals surface area (Å²) in [5.74, 6) is 0. The van der Waals surface area contributed by atoms with Crippen molar-refractivity contribution in [1.29, 1.82) is 5.41 Å². The number of hydrogen-bond donors (Lipinski definition) is 1. The lowest BCUT2D eigenvalue weighted by molar-refractivity contribution is 1.50. The Bertz CT molecular complexity index is 63.3. The third-order valence-corrected chi connectivity index (χ3v) is 0.451. The molecule has 0 bridgehead atoms. The largest absolute Gasteiger partial charge is 0.309 e. The number of allylic oxidation sites excluding steroid dienone is 3. The molecule has 0 rings (SSSR count). The Labute approximate surface area is 92.4 Å². The Balaban J connectivity index is -0.0000000255. The van der Waals surface area contributed by atoms with Gasteiger partial charge in [0.05, 0.1) is 0 Å². The van der Waals surface area contributed by atoms with Crippen molar-refractivity contribution in [3.05, 3.63) is 24.8 Å². The van der Waals surface area contributed by atoms with Crippen LogP contribution in [-0.4, -0.2) is 6.21 Å². The normalized spacial score (nSPS) is 5.43. The first-order valence-electron chi connectivity index (χ1n) is 5.52. The van der Waals surface area contributed by atoms with Crippen molar-refractivity contribution >= 4 is 6.21 Å². The summed E-state index contributed by atoms with van der Waals surface area (Å²) in [7, 11) is 0. The van der Waals surface area contributed by atoms with Crippen molar-refractivity contribution in [2.45, 2.75) is 55.4 Å². The maximum absolute atomic E-state index is 6.21. The number of nitrogens with one attached hydrogen (secondary N) is 1. The van der Waals surface area contributed by atoms with E-state index in [1.807, 2.05) is 67.5 Å². The molecule has 0 aliphatic rings. The van der Waals surface area contributed by atoms with Gasteiger partial charge < -0.3 is 5.41 Å². The van der Waals surface area contributed by atoms with E-state index in [9.17, 15) is 0 Å². The standard InChI is InChI=1S/C4H8.C3H5N.3C2H6/c1-3-4-2;1-2-3-4;3*1-2/h3-4H,1-2H3;2-4H,1H2;3*1-2H3/b4-3-;;;;. The summed E-state index contributed by atoms with van der Waals surface area (Å²) in [5, 5.41) is 6.21. The summed E-state index contributed by atoms with van der Waals surface area (Å²) < 4.78 is 0. The number of hydrogen-bond acceptors (Lipinski definition) is 1. The van der Waals surface area contributed by atoms with Crippen LogP contribution in [-0.2, 0) is 0 Å². The third kappa shape index (κ3) is 869. The minimum Gasteiger partial charge on any atom is -0.309 e. The van der Waals surface area contributed by atoms with Gasteiger partial charge in [-0.1, -0.05) is 66.3 Å². The first-order valence-corrected chi connectivity index (χ1v) is 5.52. The van der Waals surface area contributed by atoms with Crippen LogP contribution in [0.4, 0.5) is 0 Å². The van der Waals surface area contributed by atoms with Gasteiger partial charge in [-0.2, -0.15) is 0 Å². The van der Waals surface area contributed by atoms with Crippen molar-refractivity contribution in [3.8, 4) is 0 Å². The molecular formula is C13H31N. The molecule has 0 amide bonds. The molecule has 1 N–H and O–H groups in total. The quantitative estimate of drug-likeness (QED) is 0.429. The highest BCUT2D eigenvalue weighted by Crippen LogP contribution is 1.57. The first-order chi connectivity index (χ1) is 6.83. The minimum atomic E-state index is 1.14. The van der Waals surface area contributed by atoms with E-state index >= 15 is 0 Å². The lowest BCUT2D eigenvalue weighted by Crippen LogP contribution is -1.41. The van der Waals surface area contributed by atoms with Gasteiger partial charge in [-0.3, -0.25) is 0 Å². The summed E-state index contributed by atoms with van der Waals surface area (Å²) in [6, 6.07) is 0. The molecule has 1 heteroatoms. The average molecular weight is 201 g/mol. The fraction of sp³-hybridized carbons (Fsp3) is 0.615. The maximum atomic E-state index is 6.21. The molecule has 88 valence electrons. The lowest BCUT2D eigenvalue weighted by atomic mass is 10.6. The Morgan fingerprint density at radius 1 is 0.786 bits per heavy atom. The molecule has 0 saturated carbocycles. The predicted octanol–water partition coefficient (Wildman–Crippen LogP) is 5.48. The van der Waals surface area contributed by atoms with Crippen LogP contribution in [0.25, 0.3) is 0 Å². The lowest BCUT2D eigenvalue weighted by Gasteiger charge is -1.49. The first kappa shape index (κ1) is 29.2. The van der Waals surface area contributed by atoms with Crippen molar-refractivity contribution < 1.29 is 0 Å². The van der Waals surface area contributed by atoms with Gasteiger partial charge in [0.1, 0.15) is 0 Å². The van der Waals surface area contributed by atoms with E-state index in [-0.39, 0.29) is 0 Å². The second kappa shape index (κ2) is 152. The molecule has 0 fully saturated rings. The monoisotopic (exact) mass is 201 g/mol. The zero-order valence-corrected chi connectivity index (χ0v) is 11.5. The zero-order chi connectivity index (χ0) is 12.8. The van der Waals surface area contributed by atoms with E-state index in [0.717, 1.165) is 6.21 Å². The SMILES string of the molecule is C/C=C\C.C=CC=N.CC.CC.CC. The van der Waals surface area contributed by atoms with Gasteiger partial charge in [-0.15, -0.1) is 0 Å². The molecular weight excluding hydrogens is 170 g/mol. The van der Waals surface area contributed by atoms with Crippen molar-refractivity contribution in [2.75, 3.05) is 0 Å². The second-order valence-corrected chi connectivity index (χ2v) is 1.07. The summed E-state index contributed by atoms with van der Waals surface area (Å²) >= 11 is 0. The summed E-state index contributed by atoms with van der Waals surface area (Å²) in [6.07, 6.45) is 6.56. The van der Waals surface area contributed by atoms with Gasteiger partial charge in [0.15, 0.2) is 0 Å². The van der Waals surface area contributed by atoms with E-state index in [2.05, 4.69) is 6.58 Å². The Hall–Kier alpha value is -0.850. The van der Waals surface area contributed by atoms with Crippen molar-refractivity contribution in [3.63, 3.8) is 0 Å². The topological polar surface area (TPSA) is 23.9 Å². The molecule has 0 radical (unpaired) electrons. The van der Waals surface area contributed by atoms with Crippen LogP contribution < -0.4 is 0 Å². The van der Waals surface area contributed by atoms with E-state index in [0.29, 0.717) is 0 Å². The van der Waals surface area contributed by atoms with Gasteiger partial charge >= 0.3 is 0 Å². The van der Waals surface area contributed by atoms with Crippen LogP contribution in [0, 0.1) is 5.41 Å². The van der Waals surface area contributed by atoms with Crippen molar-refractivity contribution in [1.82, 2.24) is 0 Å². The molecule has 0 saturated heterocycles. The smallest absolute Gasteiger partial charge is 0.0171 e. The summed E-state index contributed by atoms with van der Waals surface area (Å²) in [6.45, 7) is 19.2. The van der Waals surface area contributed by atoms with Crippen LogP contribution in [0.3, 0.4) is 0 Å². The van der Waals surface area contributed by atoms with E-state index in [4.69, 9.17) is 5.41 Å². The van der Waals surface area contributed by atoms with Gasteiger partial charge in [-0.25, -0.2) is 0 Å². The van der Waals surface area contributed by atoms with Gasteiger partial charge in [0.25, 0.3) is 0 Å². The second-order valence-electron chi connectivity index (χ2n) is 1.07. The molecule has 0 aromatic rings. The van der Waals surface area contributed by atoms with Crippen LogP contribution in [0.1, 0.15) is 55.4 Å². The molecule has 0 aromatic heterocycles. The van der Waals surface area contributed by atoms with Crippen LogP contribution in [0.15, 0.2) is 24.8 Å². The molecule has 0 heterocycles. The van der Waals surface area contributed by atoms with E-state index < -0.39 is 0 Å². The van der Waals surface area contributed by atoms with Crippen LogP contribution >= 0.6 is 0 Å². The summed E-state index contributed by atoms with van der Waals surface area (Å²) in [5.41, 5.74) is 0. The van der Waals surface area contributed by atoms with Gasteiger partial charge in [-0.05, 0) is 13.8 Å². The molecule has 0 spiro atoms. The van der Waals surface area contributed by atoms with Crippen molar-refractivity contribution in [2.24, 2.45) is 0 Å². The van der Waals surface area contributed by atoms with Crippen LogP contribution in [0.2, 0.25) is 0 Å². The van der Waals surface area contributed by atoms with Gasteiger partial charge in [0, 0.05) is 6.21 Å².